The molecule has 0 spiro atoms. The highest BCUT2D eigenvalue weighted by Crippen LogP contribution is 2.13. The second kappa shape index (κ2) is 22.7. The Bertz CT molecular complexity index is 297. The highest BCUT2D eigenvalue weighted by Gasteiger charge is 2.13. The van der Waals surface area contributed by atoms with Crippen molar-refractivity contribution >= 4 is 5.97 Å². The van der Waals surface area contributed by atoms with Gasteiger partial charge in [-0.15, -0.1) is 0 Å². The topological polar surface area (TPSA) is 60.4 Å². The maximum atomic E-state index is 9.01. The third-order valence-corrected chi connectivity index (χ3v) is 5.36. The normalized spacial score (nSPS) is 11.2. The van der Waals surface area contributed by atoms with E-state index in [-0.39, 0.29) is 0 Å². The number of carboxylic acids is 1. The van der Waals surface area contributed by atoms with Crippen LogP contribution in [0.5, 0.6) is 0 Å². The molecule has 0 aliphatic rings. The highest BCUT2D eigenvalue weighted by atomic mass is 16.4. The van der Waals surface area contributed by atoms with Gasteiger partial charge in [0.2, 0.25) is 0 Å². The van der Waals surface area contributed by atoms with E-state index in [2.05, 4.69) is 27.9 Å². The molecule has 0 aliphatic carbocycles. The monoisotopic (exact) mass is 401 g/mol. The van der Waals surface area contributed by atoms with Gasteiger partial charge >= 0.3 is 0 Å². The smallest absolute Gasteiger partial charge is 0.0826 e. The second-order valence-electron chi connectivity index (χ2n) is 8.86. The highest BCUT2D eigenvalue weighted by molar-refractivity contribution is 5.65. The maximum Gasteiger partial charge on any atom is 0.0826 e. The number of hydrogen-bond acceptors (Lipinski definition) is 3. The van der Waals surface area contributed by atoms with Gasteiger partial charge in [0.05, 0.1) is 39.8 Å². The van der Waals surface area contributed by atoms with Gasteiger partial charge in [0.25, 0.3) is 0 Å². The molecule has 170 valence electrons. The van der Waals surface area contributed by atoms with Crippen molar-refractivity contribution in [3.05, 3.63) is 0 Å². The van der Waals surface area contributed by atoms with E-state index in [4.69, 9.17) is 15.0 Å². The van der Waals surface area contributed by atoms with Crippen LogP contribution in [0.1, 0.15) is 117 Å². The first-order valence-electron chi connectivity index (χ1n) is 12.0. The first kappa shape index (κ1) is 29.6. The molecule has 0 heterocycles. The van der Waals surface area contributed by atoms with Crippen molar-refractivity contribution in [2.24, 2.45) is 0 Å². The fourth-order valence-electron chi connectivity index (χ4n) is 3.46. The Morgan fingerprint density at radius 3 is 1.14 bits per heavy atom. The molecule has 0 rings (SSSR count). The Hall–Kier alpha value is -0.610. The van der Waals surface area contributed by atoms with Gasteiger partial charge in [0, 0.05) is 0 Å². The van der Waals surface area contributed by atoms with E-state index >= 15 is 0 Å². The number of nitrogens with zero attached hydrogens (tertiary/aromatic N) is 1. The molecular weight excluding hydrogens is 350 g/mol. The third-order valence-electron chi connectivity index (χ3n) is 5.36. The van der Waals surface area contributed by atoms with E-state index in [1.807, 2.05) is 0 Å². The Labute approximate surface area is 176 Å². The summed E-state index contributed by atoms with van der Waals surface area (Å²) in [7, 11) is 4.87. The lowest BCUT2D eigenvalue weighted by molar-refractivity contribution is -0.890. The summed E-state index contributed by atoms with van der Waals surface area (Å²) in [5.74, 6) is -1.44. The summed E-state index contributed by atoms with van der Waals surface area (Å²) in [5, 5.41) is 16.5. The molecule has 0 amide bonds. The van der Waals surface area contributed by atoms with Gasteiger partial charge in [-0.2, -0.15) is 0 Å². The molecule has 0 saturated heterocycles. The fourth-order valence-corrected chi connectivity index (χ4v) is 3.46. The Morgan fingerprint density at radius 2 is 0.893 bits per heavy atom. The first-order chi connectivity index (χ1) is 13.4. The van der Waals surface area contributed by atoms with Crippen molar-refractivity contribution in [1.82, 2.24) is 0 Å². The summed E-state index contributed by atoms with van der Waals surface area (Å²) in [6.45, 7) is 6.47. The number of carbonyl (C=O) groups excluding carboxylic acids is 1. The van der Waals surface area contributed by atoms with Gasteiger partial charge in [-0.25, -0.2) is 0 Å². The largest absolute Gasteiger partial charge is 0.548 e. The summed E-state index contributed by atoms with van der Waals surface area (Å²) < 4.78 is 1.24. The van der Waals surface area contributed by atoms with Gasteiger partial charge in [0.15, 0.2) is 0 Å². The number of aliphatic hydroxyl groups excluding tert-OH is 1. The zero-order valence-electron chi connectivity index (χ0n) is 19.6. The number of aliphatic hydroxyl groups is 1. The van der Waals surface area contributed by atoms with Crippen LogP contribution in [-0.4, -0.2) is 49.4 Å². The van der Waals surface area contributed by atoms with Crippen LogP contribution in [0.15, 0.2) is 0 Å². The summed E-state index contributed by atoms with van der Waals surface area (Å²) in [5.41, 5.74) is 0. The molecule has 4 heteroatoms. The molecular formula is C24H51NO3. The lowest BCUT2D eigenvalue weighted by Crippen LogP contribution is -2.41. The van der Waals surface area contributed by atoms with E-state index in [9.17, 15) is 0 Å². The van der Waals surface area contributed by atoms with Crippen molar-refractivity contribution < 1.29 is 19.5 Å². The predicted molar refractivity (Wildman–Crippen MR) is 119 cm³/mol. The van der Waals surface area contributed by atoms with Crippen LogP contribution in [0.3, 0.4) is 0 Å². The van der Waals surface area contributed by atoms with Gasteiger partial charge in [-0.3, -0.25) is 0 Å². The minimum absolute atomic E-state index is 0.889. The number of aliphatic carboxylic acids is 1. The zero-order chi connectivity index (χ0) is 21.5. The maximum absolute atomic E-state index is 9.01. The summed E-state index contributed by atoms with van der Waals surface area (Å²) in [6, 6.07) is 0. The quantitative estimate of drug-likeness (QED) is 0.243. The summed E-state index contributed by atoms with van der Waals surface area (Å²) >= 11 is 0. The number of carbonyl (C=O) groups is 1. The Balaban J connectivity index is 0. The molecule has 0 saturated carbocycles. The molecule has 0 aromatic carbocycles. The van der Waals surface area contributed by atoms with E-state index in [1.165, 1.54) is 120 Å². The van der Waals surface area contributed by atoms with Crippen LogP contribution < -0.4 is 5.11 Å². The van der Waals surface area contributed by atoms with E-state index in [0.29, 0.717) is 0 Å². The van der Waals surface area contributed by atoms with Crippen LogP contribution in [0.4, 0.5) is 0 Å². The lowest BCUT2D eigenvalue weighted by atomic mass is 10.1. The fraction of sp³-hybridized carbons (Fsp3) is 0.958. The molecule has 0 fully saturated rings. The standard InChI is InChI=1S/C22H48N.C2H4O3/c1-5-7-9-11-13-15-17-19-21-23(3,4)22-20-18-16-14-12-10-8-6-2;3-1-2(4)5/h5-22H2,1-4H3;3H,1H2,(H,4,5)/q+1;/p-1. The van der Waals surface area contributed by atoms with Crippen LogP contribution >= 0.6 is 0 Å². The SMILES string of the molecule is CCCCCCCCCC[N+](C)(C)CCCCCCCCCC.O=C([O-])CO. The minimum Gasteiger partial charge on any atom is -0.548 e. The first-order valence-corrected chi connectivity index (χ1v) is 12.0. The number of rotatable bonds is 19. The van der Waals surface area contributed by atoms with Crippen LogP contribution in [0, 0.1) is 0 Å². The van der Waals surface area contributed by atoms with Crippen LogP contribution in [0.2, 0.25) is 0 Å². The average molecular weight is 402 g/mol. The Morgan fingerprint density at radius 1 is 0.643 bits per heavy atom. The lowest BCUT2D eigenvalue weighted by Gasteiger charge is -2.30. The summed E-state index contributed by atoms with van der Waals surface area (Å²) in [4.78, 5) is 9.01. The van der Waals surface area contributed by atoms with E-state index in [1.54, 1.807) is 0 Å². The molecule has 4 nitrogen and oxygen atoms in total. The molecule has 1 N–H and O–H groups in total. The van der Waals surface area contributed by atoms with Gasteiger partial charge < -0.3 is 19.5 Å². The molecule has 0 atom stereocenters. The summed E-state index contributed by atoms with van der Waals surface area (Å²) in [6.07, 6.45) is 23.0. The van der Waals surface area contributed by atoms with Crippen molar-refractivity contribution in [3.8, 4) is 0 Å². The van der Waals surface area contributed by atoms with Crippen molar-refractivity contribution in [2.45, 2.75) is 117 Å². The molecule has 0 aromatic heterocycles. The predicted octanol–water partition coefficient (Wildman–Crippen LogP) is 5.07. The molecule has 28 heavy (non-hydrogen) atoms. The van der Waals surface area contributed by atoms with Crippen LogP contribution in [0.25, 0.3) is 0 Å². The number of quaternary nitrogens is 1. The number of carboxylic acid groups (broad SMARTS) is 1. The second-order valence-corrected chi connectivity index (χ2v) is 8.86. The molecule has 0 aliphatic heterocycles. The van der Waals surface area contributed by atoms with Crippen molar-refractivity contribution in [3.63, 3.8) is 0 Å². The van der Waals surface area contributed by atoms with Gasteiger partial charge in [-0.05, 0) is 25.7 Å². The minimum atomic E-state index is -1.44. The van der Waals surface area contributed by atoms with Gasteiger partial charge in [0.1, 0.15) is 0 Å². The zero-order valence-corrected chi connectivity index (χ0v) is 19.6. The number of unbranched alkanes of at least 4 members (excludes halogenated alkanes) is 14. The average Bonchev–Trinajstić information content (AvgIpc) is 2.66. The molecule has 0 bridgehead atoms. The molecule has 0 aromatic rings. The van der Waals surface area contributed by atoms with Crippen molar-refractivity contribution in [2.75, 3.05) is 33.8 Å². The molecule has 0 radical (unpaired) electrons. The van der Waals surface area contributed by atoms with Crippen molar-refractivity contribution in [1.29, 1.82) is 0 Å². The van der Waals surface area contributed by atoms with Gasteiger partial charge in [-0.1, -0.05) is 90.9 Å². The number of hydrogen-bond donors (Lipinski definition) is 1. The Kier molecular flexibility index (Phi) is 24.0. The van der Waals surface area contributed by atoms with Crippen LogP contribution in [-0.2, 0) is 4.79 Å². The molecule has 0 unspecified atom stereocenters. The third kappa shape index (κ3) is 27.6. The van der Waals surface area contributed by atoms with E-state index < -0.39 is 12.6 Å². The van der Waals surface area contributed by atoms with E-state index in [0.717, 1.165) is 0 Å².